The molecule has 0 spiro atoms. The van der Waals surface area contributed by atoms with Crippen LogP contribution in [0.25, 0.3) is 0 Å². The zero-order chi connectivity index (χ0) is 18.8. The van der Waals surface area contributed by atoms with Crippen molar-refractivity contribution in [1.82, 2.24) is 0 Å². The minimum absolute atomic E-state index is 0.347. The quantitative estimate of drug-likeness (QED) is 0.439. The Hall–Kier alpha value is -2.37. The van der Waals surface area contributed by atoms with Crippen LogP contribution in [-0.4, -0.2) is 35.2 Å². The normalized spacial score (nSPS) is 9.87. The van der Waals surface area contributed by atoms with Crippen molar-refractivity contribution < 1.29 is 29.3 Å². The summed E-state index contributed by atoms with van der Waals surface area (Å²) in [6.07, 6.45) is 7.50. The van der Waals surface area contributed by atoms with Gasteiger partial charge in [-0.1, -0.05) is 38.5 Å². The summed E-state index contributed by atoms with van der Waals surface area (Å²) >= 11 is 0. The second kappa shape index (κ2) is 17.7. The lowest BCUT2D eigenvalue weighted by molar-refractivity contribution is -0.136. The smallest absolute Gasteiger partial charge is 0.332 e. The van der Waals surface area contributed by atoms with E-state index in [1.165, 1.54) is 13.2 Å². The van der Waals surface area contributed by atoms with E-state index in [1.54, 1.807) is 32.9 Å². The third kappa shape index (κ3) is 25.0. The molecule has 0 rings (SSSR count). The van der Waals surface area contributed by atoms with Gasteiger partial charge >= 0.3 is 17.9 Å². The van der Waals surface area contributed by atoms with Gasteiger partial charge in [0, 0.05) is 17.2 Å². The Kier molecular flexibility index (Phi) is 19.7. The Bertz CT molecular complexity index is 432. The number of unbranched alkanes of at least 4 members (excludes halogenated alkanes) is 2. The molecule has 0 heterocycles. The van der Waals surface area contributed by atoms with Gasteiger partial charge in [-0.05, 0) is 27.2 Å². The number of carboxylic acids is 2. The topological polar surface area (TPSA) is 101 Å². The van der Waals surface area contributed by atoms with Crippen LogP contribution in [0.15, 0.2) is 36.0 Å². The first-order chi connectivity index (χ1) is 10.6. The fourth-order valence-corrected chi connectivity index (χ4v) is 0.804. The maximum absolute atomic E-state index is 10.2. The predicted molar refractivity (Wildman–Crippen MR) is 90.2 cm³/mol. The van der Waals surface area contributed by atoms with Gasteiger partial charge in [0.05, 0.1) is 7.11 Å². The molecule has 0 aliphatic carbocycles. The highest BCUT2D eigenvalue weighted by molar-refractivity contribution is 5.86. The Balaban J connectivity index is -0.000000264. The van der Waals surface area contributed by atoms with Crippen LogP contribution >= 0.6 is 0 Å². The summed E-state index contributed by atoms with van der Waals surface area (Å²) in [6, 6.07) is 0. The van der Waals surface area contributed by atoms with E-state index < -0.39 is 11.9 Å². The van der Waals surface area contributed by atoms with Crippen LogP contribution < -0.4 is 0 Å². The average Bonchev–Trinajstić information content (AvgIpc) is 2.50. The second-order valence-corrected chi connectivity index (χ2v) is 4.43. The molecule has 0 bridgehead atoms. The standard InChI is InChI=1S/C7H12O2.2C5H8O2/c1-2-3-4-5-6-7(8)9;1-4(2)5(6)7-3;1-3-4(2)5(6)7/h5-6H,2-4H2,1H3,(H,8,9);1H2,2-3H3;3H,1-2H3,(H,6,7). The van der Waals surface area contributed by atoms with E-state index in [4.69, 9.17) is 10.2 Å². The number of hydrogen-bond acceptors (Lipinski definition) is 4. The molecule has 0 unspecified atom stereocenters. The Morgan fingerprint density at radius 1 is 1.17 bits per heavy atom. The number of carbonyl (C=O) groups excluding carboxylic acids is 1. The van der Waals surface area contributed by atoms with E-state index in [9.17, 15) is 14.4 Å². The van der Waals surface area contributed by atoms with E-state index in [0.29, 0.717) is 11.1 Å². The van der Waals surface area contributed by atoms with Crippen LogP contribution in [0, 0.1) is 0 Å². The summed E-state index contributed by atoms with van der Waals surface area (Å²) in [4.78, 5) is 29.9. The maximum Gasteiger partial charge on any atom is 0.332 e. The van der Waals surface area contributed by atoms with Crippen molar-refractivity contribution >= 4 is 17.9 Å². The Labute approximate surface area is 138 Å². The van der Waals surface area contributed by atoms with Crippen molar-refractivity contribution in [2.45, 2.75) is 47.0 Å². The molecule has 0 aromatic carbocycles. The molecule has 6 nitrogen and oxygen atoms in total. The third-order valence-corrected chi connectivity index (χ3v) is 2.29. The van der Waals surface area contributed by atoms with Gasteiger partial charge in [0.2, 0.25) is 0 Å². The van der Waals surface area contributed by atoms with Crippen molar-refractivity contribution in [3.8, 4) is 0 Å². The number of carbonyl (C=O) groups is 3. The Morgan fingerprint density at radius 3 is 1.87 bits per heavy atom. The van der Waals surface area contributed by atoms with Gasteiger partial charge in [-0.3, -0.25) is 0 Å². The number of rotatable bonds is 6. The number of methoxy groups -OCH3 is 1. The summed E-state index contributed by atoms with van der Waals surface area (Å²) < 4.78 is 4.27. The lowest BCUT2D eigenvalue weighted by Gasteiger charge is -1.91. The highest BCUT2D eigenvalue weighted by atomic mass is 16.5. The van der Waals surface area contributed by atoms with Crippen LogP contribution in [0.1, 0.15) is 47.0 Å². The van der Waals surface area contributed by atoms with Crippen LogP contribution in [0.2, 0.25) is 0 Å². The molecule has 0 aromatic heterocycles. The number of aliphatic carboxylic acids is 2. The lowest BCUT2D eigenvalue weighted by atomic mass is 10.2. The fourth-order valence-electron chi connectivity index (χ4n) is 0.804. The van der Waals surface area contributed by atoms with Gasteiger partial charge in [0.15, 0.2) is 0 Å². The van der Waals surface area contributed by atoms with Crippen molar-refractivity contribution in [3.63, 3.8) is 0 Å². The highest BCUT2D eigenvalue weighted by Crippen LogP contribution is 1.93. The second-order valence-electron chi connectivity index (χ2n) is 4.43. The van der Waals surface area contributed by atoms with Crippen molar-refractivity contribution in [3.05, 3.63) is 36.0 Å². The van der Waals surface area contributed by atoms with E-state index >= 15 is 0 Å². The minimum atomic E-state index is -0.855. The molecule has 6 heteroatoms. The monoisotopic (exact) mass is 328 g/mol. The van der Waals surface area contributed by atoms with Crippen LogP contribution in [0.4, 0.5) is 0 Å². The van der Waals surface area contributed by atoms with Gasteiger partial charge in [0.1, 0.15) is 0 Å². The predicted octanol–water partition coefficient (Wildman–Crippen LogP) is 3.59. The summed E-state index contributed by atoms with van der Waals surface area (Å²) in [5.41, 5.74) is 0.822. The van der Waals surface area contributed by atoms with Crippen LogP contribution in [-0.2, 0) is 19.1 Å². The molecule has 2 N–H and O–H groups in total. The molecule has 0 saturated heterocycles. The first-order valence-corrected chi connectivity index (χ1v) is 7.13. The van der Waals surface area contributed by atoms with Gasteiger partial charge in [-0.25, -0.2) is 14.4 Å². The van der Waals surface area contributed by atoms with E-state index in [0.717, 1.165) is 19.3 Å². The molecule has 0 aliphatic heterocycles. The molecule has 0 atom stereocenters. The number of carboxylic acid groups (broad SMARTS) is 2. The van der Waals surface area contributed by atoms with Crippen molar-refractivity contribution in [2.75, 3.05) is 7.11 Å². The van der Waals surface area contributed by atoms with E-state index in [-0.39, 0.29) is 5.97 Å². The SMILES string of the molecule is C=C(C)C(=O)OC.CC=C(C)C(=O)O.CCCCC=CC(=O)O. The summed E-state index contributed by atoms with van der Waals surface area (Å²) in [5.74, 6) is -2.05. The molecule has 132 valence electrons. The maximum atomic E-state index is 10.2. The molecule has 23 heavy (non-hydrogen) atoms. The third-order valence-electron chi connectivity index (χ3n) is 2.29. The van der Waals surface area contributed by atoms with Gasteiger partial charge in [-0.15, -0.1) is 0 Å². The molecule has 0 amide bonds. The fraction of sp³-hybridized carbons (Fsp3) is 0.471. The van der Waals surface area contributed by atoms with Crippen LogP contribution in [0.3, 0.4) is 0 Å². The highest BCUT2D eigenvalue weighted by Gasteiger charge is 1.95. The van der Waals surface area contributed by atoms with Crippen molar-refractivity contribution in [2.24, 2.45) is 0 Å². The molecular weight excluding hydrogens is 300 g/mol. The molecule has 0 aliphatic rings. The average molecular weight is 328 g/mol. The number of hydrogen-bond donors (Lipinski definition) is 2. The molecule has 0 fully saturated rings. The molecule has 0 aromatic rings. The zero-order valence-electron chi connectivity index (χ0n) is 14.6. The number of allylic oxidation sites excluding steroid dienone is 2. The summed E-state index contributed by atoms with van der Waals surface area (Å²) in [5, 5.41) is 16.2. The van der Waals surface area contributed by atoms with Gasteiger partial charge in [0.25, 0.3) is 0 Å². The Morgan fingerprint density at radius 2 is 1.70 bits per heavy atom. The zero-order valence-corrected chi connectivity index (χ0v) is 14.6. The minimum Gasteiger partial charge on any atom is -0.478 e. The van der Waals surface area contributed by atoms with E-state index in [2.05, 4.69) is 18.2 Å². The molecule has 0 saturated carbocycles. The first kappa shape index (κ1) is 25.6. The summed E-state index contributed by atoms with van der Waals surface area (Å²) in [7, 11) is 1.33. The van der Waals surface area contributed by atoms with Gasteiger partial charge in [-0.2, -0.15) is 0 Å². The molecular formula is C17H28O6. The number of esters is 1. The largest absolute Gasteiger partial charge is 0.478 e. The van der Waals surface area contributed by atoms with E-state index in [1.807, 2.05) is 0 Å². The van der Waals surface area contributed by atoms with Crippen molar-refractivity contribution in [1.29, 1.82) is 0 Å². The van der Waals surface area contributed by atoms with Crippen LogP contribution in [0.5, 0.6) is 0 Å². The molecule has 0 radical (unpaired) electrons. The lowest BCUT2D eigenvalue weighted by Crippen LogP contribution is -1.98. The summed E-state index contributed by atoms with van der Waals surface area (Å²) in [6.45, 7) is 10.3. The first-order valence-electron chi connectivity index (χ1n) is 7.13. The number of ether oxygens (including phenoxy) is 1. The van der Waals surface area contributed by atoms with Gasteiger partial charge < -0.3 is 14.9 Å².